The van der Waals surface area contributed by atoms with Crippen LogP contribution in [0.15, 0.2) is 0 Å². The Hall–Kier alpha value is -0.850. The molecule has 0 unspecified atom stereocenters. The largest absolute Gasteiger partial charge is 0.452 e. The Bertz CT molecular complexity index is 306. The van der Waals surface area contributed by atoms with Crippen LogP contribution < -0.4 is 5.32 Å². The molecule has 86 valence electrons. The molecular weight excluding hydrogens is 227 g/mol. The lowest BCUT2D eigenvalue weighted by molar-refractivity contribution is -0.144. The average Bonchev–Trinajstić information content (AvgIpc) is 2.61. The van der Waals surface area contributed by atoms with Crippen molar-refractivity contribution in [2.24, 2.45) is 0 Å². The van der Waals surface area contributed by atoms with Crippen LogP contribution >= 0.6 is 11.5 Å². The number of nitrogens with one attached hydrogen (secondary N) is 1. The van der Waals surface area contributed by atoms with E-state index in [1.807, 2.05) is 13.8 Å². The zero-order valence-corrected chi connectivity index (χ0v) is 9.24. The second-order valence-corrected chi connectivity index (χ2v) is 3.83. The summed E-state index contributed by atoms with van der Waals surface area (Å²) in [6, 6.07) is 0.152. The SMILES string of the molecule is CCC(CC)Nc1nc(C(F)(F)F)ns1. The van der Waals surface area contributed by atoms with Crippen LogP contribution in [0.2, 0.25) is 0 Å². The van der Waals surface area contributed by atoms with Gasteiger partial charge in [-0.2, -0.15) is 22.5 Å². The van der Waals surface area contributed by atoms with Crippen LogP contribution in [0.4, 0.5) is 18.3 Å². The van der Waals surface area contributed by atoms with Gasteiger partial charge in [0.25, 0.3) is 0 Å². The number of nitrogens with zero attached hydrogens (tertiary/aromatic N) is 2. The van der Waals surface area contributed by atoms with Crippen LogP contribution in [0.1, 0.15) is 32.5 Å². The predicted molar refractivity (Wildman–Crippen MR) is 52.9 cm³/mol. The molecule has 0 fully saturated rings. The van der Waals surface area contributed by atoms with E-state index in [2.05, 4.69) is 14.7 Å². The molecule has 0 saturated heterocycles. The highest BCUT2D eigenvalue weighted by Crippen LogP contribution is 2.29. The van der Waals surface area contributed by atoms with Crippen LogP contribution in [0.25, 0.3) is 0 Å². The highest BCUT2D eigenvalue weighted by Gasteiger charge is 2.36. The van der Waals surface area contributed by atoms with E-state index in [1.165, 1.54) is 0 Å². The molecule has 3 nitrogen and oxygen atoms in total. The molecule has 0 radical (unpaired) electrons. The third-order valence-corrected chi connectivity index (χ3v) is 2.64. The summed E-state index contributed by atoms with van der Waals surface area (Å²) in [4.78, 5) is 3.39. The quantitative estimate of drug-likeness (QED) is 0.877. The number of anilines is 1. The number of halogens is 3. The maximum absolute atomic E-state index is 12.2. The van der Waals surface area contributed by atoms with E-state index in [0.717, 1.165) is 24.4 Å². The highest BCUT2D eigenvalue weighted by atomic mass is 32.1. The van der Waals surface area contributed by atoms with E-state index in [0.29, 0.717) is 0 Å². The smallest absolute Gasteiger partial charge is 0.358 e. The third kappa shape index (κ3) is 3.33. The van der Waals surface area contributed by atoms with Gasteiger partial charge in [0.15, 0.2) is 0 Å². The Morgan fingerprint density at radius 1 is 1.33 bits per heavy atom. The lowest BCUT2D eigenvalue weighted by Gasteiger charge is -2.12. The van der Waals surface area contributed by atoms with Crippen molar-refractivity contribution in [1.82, 2.24) is 9.36 Å². The fourth-order valence-corrected chi connectivity index (χ4v) is 1.73. The van der Waals surface area contributed by atoms with Gasteiger partial charge in [-0.15, -0.1) is 0 Å². The Labute approximate surface area is 89.9 Å². The van der Waals surface area contributed by atoms with Crippen LogP contribution in [-0.4, -0.2) is 15.4 Å². The van der Waals surface area contributed by atoms with Crippen LogP contribution in [0.3, 0.4) is 0 Å². The molecule has 15 heavy (non-hydrogen) atoms. The lowest BCUT2D eigenvalue weighted by Crippen LogP contribution is -2.17. The molecule has 0 spiro atoms. The number of rotatable bonds is 4. The van der Waals surface area contributed by atoms with E-state index in [9.17, 15) is 13.2 Å². The molecule has 0 amide bonds. The number of hydrogen-bond donors (Lipinski definition) is 1. The molecule has 1 aromatic rings. The molecule has 0 aliphatic rings. The first-order valence-corrected chi connectivity index (χ1v) is 5.42. The molecular formula is C8H12F3N3S. The summed E-state index contributed by atoms with van der Waals surface area (Å²) in [5, 5.41) is 3.15. The van der Waals surface area contributed by atoms with Crippen molar-refractivity contribution in [2.45, 2.75) is 38.9 Å². The molecule has 0 aliphatic heterocycles. The first-order chi connectivity index (χ1) is 6.97. The molecule has 7 heteroatoms. The second-order valence-electron chi connectivity index (χ2n) is 3.08. The summed E-state index contributed by atoms with van der Waals surface area (Å²) >= 11 is 0.743. The molecule has 1 rings (SSSR count). The highest BCUT2D eigenvalue weighted by molar-refractivity contribution is 7.09. The first kappa shape index (κ1) is 12.2. The normalized spacial score (nSPS) is 12.1. The van der Waals surface area contributed by atoms with Crippen molar-refractivity contribution in [2.75, 3.05) is 5.32 Å². The van der Waals surface area contributed by atoms with Gasteiger partial charge in [-0.25, -0.2) is 0 Å². The number of alkyl halides is 3. The van der Waals surface area contributed by atoms with Crippen molar-refractivity contribution < 1.29 is 13.2 Å². The number of aromatic nitrogens is 2. The summed E-state index contributed by atoms with van der Waals surface area (Å²) in [5.41, 5.74) is 0. The minimum atomic E-state index is -4.45. The molecule has 0 bridgehead atoms. The second kappa shape index (κ2) is 4.78. The van der Waals surface area contributed by atoms with Gasteiger partial charge in [0.1, 0.15) is 0 Å². The Kier molecular flexibility index (Phi) is 3.90. The molecule has 0 saturated carbocycles. The van der Waals surface area contributed by atoms with Gasteiger partial charge in [-0.1, -0.05) is 13.8 Å². The van der Waals surface area contributed by atoms with E-state index in [1.54, 1.807) is 0 Å². The van der Waals surface area contributed by atoms with E-state index >= 15 is 0 Å². The molecule has 0 aromatic carbocycles. The maximum atomic E-state index is 12.2. The summed E-state index contributed by atoms with van der Waals surface area (Å²) in [7, 11) is 0. The zero-order valence-electron chi connectivity index (χ0n) is 8.43. The van der Waals surface area contributed by atoms with Gasteiger partial charge >= 0.3 is 6.18 Å². The Morgan fingerprint density at radius 2 is 1.93 bits per heavy atom. The molecule has 1 heterocycles. The summed E-state index contributed by atoms with van der Waals surface area (Å²) in [6.45, 7) is 3.93. The first-order valence-electron chi connectivity index (χ1n) is 4.64. The Morgan fingerprint density at radius 3 is 2.33 bits per heavy atom. The van der Waals surface area contributed by atoms with Gasteiger partial charge in [0, 0.05) is 17.6 Å². The molecule has 1 N–H and O–H groups in total. The minimum Gasteiger partial charge on any atom is -0.358 e. The van der Waals surface area contributed by atoms with Crippen molar-refractivity contribution in [3.8, 4) is 0 Å². The van der Waals surface area contributed by atoms with Gasteiger partial charge < -0.3 is 5.32 Å². The lowest BCUT2D eigenvalue weighted by atomic mass is 10.2. The predicted octanol–water partition coefficient (Wildman–Crippen LogP) is 3.16. The standard InChI is InChI=1S/C8H12F3N3S/c1-3-5(4-2)12-7-13-6(14-15-7)8(9,10)11/h5H,3-4H2,1-2H3,(H,12,13,14). The zero-order chi connectivity index (χ0) is 11.5. The average molecular weight is 239 g/mol. The van der Waals surface area contributed by atoms with Gasteiger partial charge in [0.2, 0.25) is 11.0 Å². The fraction of sp³-hybridized carbons (Fsp3) is 0.750. The fourth-order valence-electron chi connectivity index (χ4n) is 1.06. The van der Waals surface area contributed by atoms with Crippen LogP contribution in [0, 0.1) is 0 Å². The summed E-state index contributed by atoms with van der Waals surface area (Å²) in [5.74, 6) is -1.07. The van der Waals surface area contributed by atoms with E-state index in [4.69, 9.17) is 0 Å². The number of hydrogen-bond acceptors (Lipinski definition) is 4. The topological polar surface area (TPSA) is 37.8 Å². The van der Waals surface area contributed by atoms with Crippen molar-refractivity contribution in [3.05, 3.63) is 5.82 Å². The van der Waals surface area contributed by atoms with E-state index in [-0.39, 0.29) is 11.2 Å². The van der Waals surface area contributed by atoms with Crippen molar-refractivity contribution in [1.29, 1.82) is 0 Å². The van der Waals surface area contributed by atoms with Gasteiger partial charge in [-0.3, -0.25) is 0 Å². The minimum absolute atomic E-state index is 0.152. The van der Waals surface area contributed by atoms with Crippen LogP contribution in [-0.2, 0) is 6.18 Å². The van der Waals surface area contributed by atoms with Gasteiger partial charge in [0.05, 0.1) is 0 Å². The van der Waals surface area contributed by atoms with Crippen molar-refractivity contribution >= 4 is 16.7 Å². The summed E-state index contributed by atoms with van der Waals surface area (Å²) in [6.07, 6.45) is -2.76. The molecule has 1 aromatic heterocycles. The van der Waals surface area contributed by atoms with Crippen LogP contribution in [0.5, 0.6) is 0 Å². The Balaban J connectivity index is 2.68. The monoisotopic (exact) mass is 239 g/mol. The van der Waals surface area contributed by atoms with Gasteiger partial charge in [-0.05, 0) is 12.8 Å². The van der Waals surface area contributed by atoms with E-state index < -0.39 is 12.0 Å². The molecule has 0 aliphatic carbocycles. The molecule has 0 atom stereocenters. The summed E-state index contributed by atoms with van der Waals surface area (Å²) < 4.78 is 39.7. The maximum Gasteiger partial charge on any atom is 0.452 e. The third-order valence-electron chi connectivity index (χ3n) is 1.99. The van der Waals surface area contributed by atoms with Crippen molar-refractivity contribution in [3.63, 3.8) is 0 Å².